The predicted molar refractivity (Wildman–Crippen MR) is 83.7 cm³/mol. The van der Waals surface area contributed by atoms with E-state index in [1.807, 2.05) is 44.2 Å². The number of carbonyl (C=O) groups is 2. The molecule has 6 nitrogen and oxygen atoms in total. The topological polar surface area (TPSA) is 76.0 Å². The Bertz CT molecular complexity index is 635. The molecule has 2 aromatic rings. The minimum absolute atomic E-state index is 0.0221. The van der Waals surface area contributed by atoms with E-state index in [4.69, 9.17) is 0 Å². The Kier molecular flexibility index (Phi) is 5.30. The van der Waals surface area contributed by atoms with Crippen LogP contribution in [-0.2, 0) is 4.79 Å². The number of rotatable bonds is 6. The smallest absolute Gasteiger partial charge is 0.254 e. The summed E-state index contributed by atoms with van der Waals surface area (Å²) in [4.78, 5) is 23.4. The van der Waals surface area contributed by atoms with Gasteiger partial charge < -0.3 is 10.6 Å². The van der Waals surface area contributed by atoms with Crippen molar-refractivity contribution in [2.45, 2.75) is 13.8 Å². The van der Waals surface area contributed by atoms with Crippen LogP contribution in [-0.4, -0.2) is 34.7 Å². The van der Waals surface area contributed by atoms with Crippen LogP contribution in [0.1, 0.15) is 24.2 Å². The molecule has 6 heteroatoms. The second kappa shape index (κ2) is 7.40. The third kappa shape index (κ3) is 4.18. The van der Waals surface area contributed by atoms with Crippen LogP contribution in [0, 0.1) is 5.92 Å². The number of nitrogens with zero attached hydrogens (tertiary/aromatic N) is 2. The molecule has 1 aromatic carbocycles. The van der Waals surface area contributed by atoms with Crippen molar-refractivity contribution in [1.29, 1.82) is 0 Å². The van der Waals surface area contributed by atoms with Crippen molar-refractivity contribution in [2.24, 2.45) is 5.92 Å². The van der Waals surface area contributed by atoms with Gasteiger partial charge in [-0.3, -0.25) is 9.59 Å². The molecule has 0 aliphatic heterocycles. The second-order valence-electron chi connectivity index (χ2n) is 5.21. The maximum absolute atomic E-state index is 12.0. The molecule has 2 amide bonds. The van der Waals surface area contributed by atoms with Gasteiger partial charge in [0.05, 0.1) is 17.4 Å². The number of para-hydroxylation sites is 1. The Morgan fingerprint density at radius 1 is 1.14 bits per heavy atom. The maximum Gasteiger partial charge on any atom is 0.254 e. The van der Waals surface area contributed by atoms with E-state index in [9.17, 15) is 9.59 Å². The zero-order chi connectivity index (χ0) is 15.9. The van der Waals surface area contributed by atoms with Crippen molar-refractivity contribution in [3.05, 3.63) is 48.3 Å². The van der Waals surface area contributed by atoms with Crippen molar-refractivity contribution in [3.63, 3.8) is 0 Å². The van der Waals surface area contributed by atoms with Gasteiger partial charge in [-0.05, 0) is 12.1 Å². The Morgan fingerprint density at radius 3 is 2.50 bits per heavy atom. The minimum atomic E-state index is -0.207. The first-order valence-corrected chi connectivity index (χ1v) is 7.24. The summed E-state index contributed by atoms with van der Waals surface area (Å²) in [7, 11) is 0. The van der Waals surface area contributed by atoms with Crippen LogP contribution in [0.2, 0.25) is 0 Å². The molecule has 0 aliphatic rings. The molecule has 0 saturated heterocycles. The molecule has 116 valence electrons. The van der Waals surface area contributed by atoms with Crippen molar-refractivity contribution in [3.8, 4) is 5.69 Å². The van der Waals surface area contributed by atoms with Gasteiger partial charge >= 0.3 is 0 Å². The molecule has 2 N–H and O–H groups in total. The molecular weight excluding hydrogens is 280 g/mol. The molecule has 0 fully saturated rings. The lowest BCUT2D eigenvalue weighted by molar-refractivity contribution is -0.123. The standard InChI is InChI=1S/C16H20N4O2/c1-12(2)15(21)17-8-9-18-16(22)13-10-19-20(11-13)14-6-4-3-5-7-14/h3-7,10-12H,8-9H2,1-2H3,(H,17,21)(H,18,22). The third-order valence-electron chi connectivity index (χ3n) is 3.10. The van der Waals surface area contributed by atoms with Gasteiger partial charge in [0.1, 0.15) is 0 Å². The highest BCUT2D eigenvalue weighted by Gasteiger charge is 2.09. The summed E-state index contributed by atoms with van der Waals surface area (Å²) in [5.74, 6) is -0.285. The SMILES string of the molecule is CC(C)C(=O)NCCNC(=O)c1cnn(-c2ccccc2)c1. The lowest BCUT2D eigenvalue weighted by Gasteiger charge is -2.08. The van der Waals surface area contributed by atoms with E-state index in [-0.39, 0.29) is 17.7 Å². The Hall–Kier alpha value is -2.63. The lowest BCUT2D eigenvalue weighted by Crippen LogP contribution is -2.36. The first-order chi connectivity index (χ1) is 10.6. The lowest BCUT2D eigenvalue weighted by atomic mass is 10.2. The van der Waals surface area contributed by atoms with Crippen molar-refractivity contribution in [2.75, 3.05) is 13.1 Å². The van der Waals surface area contributed by atoms with E-state index >= 15 is 0 Å². The summed E-state index contributed by atoms with van der Waals surface area (Å²) in [6, 6.07) is 9.57. The normalized spacial score (nSPS) is 10.5. The van der Waals surface area contributed by atoms with Crippen LogP contribution in [0.4, 0.5) is 0 Å². The largest absolute Gasteiger partial charge is 0.354 e. The molecule has 2 rings (SSSR count). The summed E-state index contributed by atoms with van der Waals surface area (Å²) >= 11 is 0. The summed E-state index contributed by atoms with van der Waals surface area (Å²) < 4.78 is 1.65. The molecule has 0 unspecified atom stereocenters. The van der Waals surface area contributed by atoms with Gasteiger partial charge in [-0.15, -0.1) is 0 Å². The predicted octanol–water partition coefficient (Wildman–Crippen LogP) is 1.37. The number of hydrogen-bond acceptors (Lipinski definition) is 3. The zero-order valence-corrected chi connectivity index (χ0v) is 12.7. The molecule has 1 aromatic heterocycles. The minimum Gasteiger partial charge on any atom is -0.354 e. The van der Waals surface area contributed by atoms with Crippen molar-refractivity contribution >= 4 is 11.8 Å². The van der Waals surface area contributed by atoms with E-state index in [0.29, 0.717) is 18.7 Å². The van der Waals surface area contributed by atoms with Gasteiger partial charge in [-0.25, -0.2) is 4.68 Å². The molecule has 1 heterocycles. The summed E-state index contributed by atoms with van der Waals surface area (Å²) in [5.41, 5.74) is 1.38. The number of carbonyl (C=O) groups excluding carboxylic acids is 2. The van der Waals surface area contributed by atoms with Crippen LogP contribution >= 0.6 is 0 Å². The van der Waals surface area contributed by atoms with Crippen LogP contribution in [0.15, 0.2) is 42.7 Å². The van der Waals surface area contributed by atoms with Gasteiger partial charge in [-0.1, -0.05) is 32.0 Å². The van der Waals surface area contributed by atoms with Gasteiger partial charge in [0, 0.05) is 25.2 Å². The van der Waals surface area contributed by atoms with Crippen LogP contribution < -0.4 is 10.6 Å². The first-order valence-electron chi connectivity index (χ1n) is 7.24. The van der Waals surface area contributed by atoms with Crippen LogP contribution in [0.3, 0.4) is 0 Å². The van der Waals surface area contributed by atoms with Gasteiger partial charge in [0.25, 0.3) is 5.91 Å². The molecule has 0 atom stereocenters. The van der Waals surface area contributed by atoms with Crippen molar-refractivity contribution < 1.29 is 9.59 Å². The molecule has 22 heavy (non-hydrogen) atoms. The van der Waals surface area contributed by atoms with Gasteiger partial charge in [0.2, 0.25) is 5.91 Å². The molecule has 0 radical (unpaired) electrons. The first kappa shape index (κ1) is 15.8. The summed E-state index contributed by atoms with van der Waals surface area (Å²) in [6.45, 7) is 4.45. The second-order valence-corrected chi connectivity index (χ2v) is 5.21. The quantitative estimate of drug-likeness (QED) is 0.791. The monoisotopic (exact) mass is 300 g/mol. The fourth-order valence-electron chi connectivity index (χ4n) is 1.83. The van der Waals surface area contributed by atoms with Crippen LogP contribution in [0.5, 0.6) is 0 Å². The molecular formula is C16H20N4O2. The van der Waals surface area contributed by atoms with Gasteiger partial charge in [-0.2, -0.15) is 5.10 Å². The summed E-state index contributed by atoms with van der Waals surface area (Å²) in [5, 5.41) is 9.67. The number of benzene rings is 1. The molecule has 0 bridgehead atoms. The highest BCUT2D eigenvalue weighted by atomic mass is 16.2. The number of amides is 2. The molecule has 0 aliphatic carbocycles. The maximum atomic E-state index is 12.0. The van der Waals surface area contributed by atoms with E-state index in [0.717, 1.165) is 5.69 Å². The fraction of sp³-hybridized carbons (Fsp3) is 0.312. The average molecular weight is 300 g/mol. The van der Waals surface area contributed by atoms with Gasteiger partial charge in [0.15, 0.2) is 0 Å². The zero-order valence-electron chi connectivity index (χ0n) is 12.7. The number of hydrogen-bond donors (Lipinski definition) is 2. The molecule has 0 spiro atoms. The number of nitrogens with one attached hydrogen (secondary N) is 2. The molecule has 0 saturated carbocycles. The number of aromatic nitrogens is 2. The van der Waals surface area contributed by atoms with E-state index in [2.05, 4.69) is 15.7 Å². The Balaban J connectivity index is 1.84. The van der Waals surface area contributed by atoms with E-state index in [1.165, 1.54) is 6.20 Å². The Labute approximate surface area is 129 Å². The fourth-order valence-corrected chi connectivity index (χ4v) is 1.83. The Morgan fingerprint density at radius 2 is 1.82 bits per heavy atom. The van der Waals surface area contributed by atoms with E-state index in [1.54, 1.807) is 10.9 Å². The average Bonchev–Trinajstić information content (AvgIpc) is 3.02. The highest BCUT2D eigenvalue weighted by molar-refractivity contribution is 5.93. The third-order valence-corrected chi connectivity index (χ3v) is 3.10. The highest BCUT2D eigenvalue weighted by Crippen LogP contribution is 2.07. The summed E-state index contributed by atoms with van der Waals surface area (Å²) in [6.07, 6.45) is 3.20. The van der Waals surface area contributed by atoms with Crippen molar-refractivity contribution in [1.82, 2.24) is 20.4 Å². The van der Waals surface area contributed by atoms with Crippen LogP contribution in [0.25, 0.3) is 5.69 Å². The van der Waals surface area contributed by atoms with E-state index < -0.39 is 0 Å².